The number of rotatable bonds is 5. The predicted octanol–water partition coefficient (Wildman–Crippen LogP) is 1.05. The van der Waals surface area contributed by atoms with E-state index in [1.54, 1.807) is 0 Å². The number of benzene rings is 1. The van der Waals surface area contributed by atoms with Crippen LogP contribution in [0, 0.1) is 10.1 Å². The van der Waals surface area contributed by atoms with Gasteiger partial charge in [-0.2, -0.15) is 8.42 Å². The summed E-state index contributed by atoms with van der Waals surface area (Å²) in [5.74, 6) is -1.16. The highest BCUT2D eigenvalue weighted by Gasteiger charge is 2.33. The highest BCUT2D eigenvalue weighted by Crippen LogP contribution is 2.25. The molecule has 11 heteroatoms. The van der Waals surface area contributed by atoms with Crippen LogP contribution < -0.4 is 9.50 Å². The maximum Gasteiger partial charge on any atom is 0.404 e. The molecule has 2 aromatic rings. The average Bonchev–Trinajstić information content (AvgIpc) is 2.83. The number of nitro groups is 1. The van der Waals surface area contributed by atoms with Crippen LogP contribution in [0.2, 0.25) is 0 Å². The summed E-state index contributed by atoms with van der Waals surface area (Å²) >= 11 is 0. The Hall–Kier alpha value is -2.95. The number of hydrogen-bond donors (Lipinski definition) is 1. The van der Waals surface area contributed by atoms with Gasteiger partial charge >= 0.3 is 15.9 Å². The van der Waals surface area contributed by atoms with Gasteiger partial charge in [0.2, 0.25) is 12.2 Å². The van der Waals surface area contributed by atoms with Gasteiger partial charge in [-0.25, -0.2) is 0 Å². The fourth-order valence-corrected chi connectivity index (χ4v) is 2.98. The molecule has 0 aliphatic heterocycles. The van der Waals surface area contributed by atoms with Crippen LogP contribution in [0.25, 0.3) is 0 Å². The van der Waals surface area contributed by atoms with Gasteiger partial charge in [0.15, 0.2) is 0 Å². The zero-order valence-electron chi connectivity index (χ0n) is 12.1. The summed E-state index contributed by atoms with van der Waals surface area (Å²) in [6, 6.07) is 5.49. The summed E-state index contributed by atoms with van der Waals surface area (Å²) in [4.78, 5) is 24.3. The highest BCUT2D eigenvalue weighted by molar-refractivity contribution is 7.87. The van der Waals surface area contributed by atoms with E-state index in [1.807, 2.05) is 0 Å². The van der Waals surface area contributed by atoms with Crippen LogP contribution in [0.5, 0.6) is 5.75 Å². The molecule has 0 saturated carbocycles. The summed E-state index contributed by atoms with van der Waals surface area (Å²) in [7, 11) is -3.14. The number of carbonyl (C=O) groups is 1. The number of amides is 1. The minimum absolute atomic E-state index is 0.0606. The monoisotopic (exact) mass is 340 g/mol. The molecule has 2 rings (SSSR count). The fourth-order valence-electron chi connectivity index (χ4n) is 1.78. The summed E-state index contributed by atoms with van der Waals surface area (Å²) in [5, 5.41) is 12.7. The van der Waals surface area contributed by atoms with Gasteiger partial charge in [0.05, 0.1) is 0 Å². The normalized spacial score (nSPS) is 11.0. The third kappa shape index (κ3) is 3.63. The van der Waals surface area contributed by atoms with Gasteiger partial charge in [0.1, 0.15) is 5.75 Å². The van der Waals surface area contributed by atoms with E-state index in [0.29, 0.717) is 5.69 Å². The molecule has 0 radical (unpaired) electrons. The molecule has 0 unspecified atom stereocenters. The van der Waals surface area contributed by atoms with Gasteiger partial charge in [0, 0.05) is 19.7 Å². The maximum absolute atomic E-state index is 12.2. The van der Waals surface area contributed by atoms with Crippen molar-refractivity contribution in [2.45, 2.75) is 11.9 Å². The van der Waals surface area contributed by atoms with Crippen LogP contribution in [0.4, 0.5) is 11.5 Å². The van der Waals surface area contributed by atoms with Crippen LogP contribution in [0.15, 0.2) is 35.6 Å². The third-order valence-corrected chi connectivity index (χ3v) is 4.01. The van der Waals surface area contributed by atoms with Crippen LogP contribution in [-0.4, -0.2) is 28.8 Å². The van der Waals surface area contributed by atoms with E-state index < -0.39 is 25.9 Å². The molecule has 1 aromatic carbocycles. The Balaban J connectivity index is 2.30. The van der Waals surface area contributed by atoms with Gasteiger partial charge in [-0.3, -0.25) is 9.36 Å². The molecule has 0 spiro atoms. The van der Waals surface area contributed by atoms with E-state index in [9.17, 15) is 23.3 Å². The van der Waals surface area contributed by atoms with Gasteiger partial charge in [-0.1, -0.05) is 0 Å². The van der Waals surface area contributed by atoms with E-state index in [1.165, 1.54) is 38.2 Å². The number of nitrogens with one attached hydrogen (secondary N) is 1. The molecule has 122 valence electrons. The first kappa shape index (κ1) is 16.4. The zero-order chi connectivity index (χ0) is 17.2. The van der Waals surface area contributed by atoms with Crippen molar-refractivity contribution in [3.63, 3.8) is 0 Å². The molecule has 0 aliphatic rings. The standard InChI is InChI=1S/C12H12N4O6S/c1-8(17)14-9-3-5-10(6-4-9)22-23(20,21)12-11(16(18)19)13-7-15(12)2/h3-7H,1-2H3,(H,14,17). The van der Waals surface area contributed by atoms with Gasteiger partial charge in [0.25, 0.3) is 5.03 Å². The number of anilines is 1. The Bertz CT molecular complexity index is 856. The van der Waals surface area contributed by atoms with Crippen molar-refractivity contribution in [2.24, 2.45) is 7.05 Å². The van der Waals surface area contributed by atoms with Gasteiger partial charge < -0.3 is 19.6 Å². The number of imidazole rings is 1. The minimum atomic E-state index is -4.44. The van der Waals surface area contributed by atoms with Crippen LogP contribution in [0.3, 0.4) is 0 Å². The Morgan fingerprint density at radius 2 is 1.96 bits per heavy atom. The molecule has 10 nitrogen and oxygen atoms in total. The lowest BCUT2D eigenvalue weighted by Crippen LogP contribution is -2.15. The summed E-state index contributed by atoms with van der Waals surface area (Å²) in [5.41, 5.74) is 0.453. The topological polar surface area (TPSA) is 133 Å². The quantitative estimate of drug-likeness (QED) is 0.488. The second-order valence-electron chi connectivity index (χ2n) is 4.48. The van der Waals surface area contributed by atoms with Crippen molar-refractivity contribution in [2.75, 3.05) is 5.32 Å². The Kier molecular flexibility index (Phi) is 4.31. The smallest absolute Gasteiger partial charge is 0.378 e. The van der Waals surface area contributed by atoms with Crippen molar-refractivity contribution in [1.29, 1.82) is 0 Å². The molecular formula is C12H12N4O6S. The minimum Gasteiger partial charge on any atom is -0.378 e. The first-order chi connectivity index (χ1) is 10.7. The van der Waals surface area contributed by atoms with Crippen LogP contribution in [-0.2, 0) is 22.0 Å². The number of nitrogens with zero attached hydrogens (tertiary/aromatic N) is 3. The van der Waals surface area contributed by atoms with E-state index >= 15 is 0 Å². The van der Waals surface area contributed by atoms with Crippen LogP contribution in [0.1, 0.15) is 6.92 Å². The second-order valence-corrected chi connectivity index (χ2v) is 5.95. The fraction of sp³-hybridized carbons (Fsp3) is 0.167. The predicted molar refractivity (Wildman–Crippen MR) is 78.4 cm³/mol. The summed E-state index contributed by atoms with van der Waals surface area (Å²) < 4.78 is 30.3. The van der Waals surface area contributed by atoms with Crippen molar-refractivity contribution in [3.05, 3.63) is 40.7 Å². The molecule has 23 heavy (non-hydrogen) atoms. The van der Waals surface area contributed by atoms with Crippen molar-refractivity contribution < 1.29 is 22.3 Å². The first-order valence-corrected chi connectivity index (χ1v) is 7.59. The maximum atomic E-state index is 12.2. The Labute approximate surface area is 131 Å². The summed E-state index contributed by atoms with van der Waals surface area (Å²) in [6.07, 6.45) is 1.01. The molecule has 0 aliphatic carbocycles. The largest absolute Gasteiger partial charge is 0.404 e. The summed E-state index contributed by atoms with van der Waals surface area (Å²) in [6.45, 7) is 1.33. The third-order valence-electron chi connectivity index (χ3n) is 2.66. The molecule has 1 N–H and O–H groups in total. The average molecular weight is 340 g/mol. The Morgan fingerprint density at radius 3 is 2.48 bits per heavy atom. The van der Waals surface area contributed by atoms with Crippen molar-refractivity contribution in [3.8, 4) is 5.75 Å². The molecule has 0 saturated heterocycles. The molecular weight excluding hydrogens is 328 g/mol. The SMILES string of the molecule is CC(=O)Nc1ccc(OS(=O)(=O)c2c([N+](=O)[O-])ncn2C)cc1. The number of carbonyl (C=O) groups excluding carboxylic acids is 1. The van der Waals surface area contributed by atoms with Gasteiger partial charge in [-0.15, -0.1) is 0 Å². The molecule has 1 amide bonds. The molecule has 0 bridgehead atoms. The first-order valence-electron chi connectivity index (χ1n) is 6.18. The number of hydrogen-bond acceptors (Lipinski definition) is 7. The lowest BCUT2D eigenvalue weighted by Gasteiger charge is -2.08. The molecule has 1 heterocycles. The molecule has 1 aromatic heterocycles. The lowest BCUT2D eigenvalue weighted by atomic mass is 10.3. The van der Waals surface area contributed by atoms with E-state index in [-0.39, 0.29) is 11.7 Å². The number of aromatic nitrogens is 2. The number of aryl methyl sites for hydroxylation is 1. The highest BCUT2D eigenvalue weighted by atomic mass is 32.2. The molecule has 0 fully saturated rings. The van der Waals surface area contributed by atoms with Gasteiger partial charge in [-0.05, 0) is 34.2 Å². The van der Waals surface area contributed by atoms with Crippen LogP contribution >= 0.6 is 0 Å². The zero-order valence-corrected chi connectivity index (χ0v) is 12.9. The molecule has 0 atom stereocenters. The van der Waals surface area contributed by atoms with Crippen molar-refractivity contribution in [1.82, 2.24) is 9.55 Å². The Morgan fingerprint density at radius 1 is 1.35 bits per heavy atom. The van der Waals surface area contributed by atoms with Crippen molar-refractivity contribution >= 4 is 27.5 Å². The van der Waals surface area contributed by atoms with E-state index in [4.69, 9.17) is 4.18 Å². The lowest BCUT2D eigenvalue weighted by molar-refractivity contribution is -0.392. The van der Waals surface area contributed by atoms with E-state index in [0.717, 1.165) is 10.9 Å². The second kappa shape index (κ2) is 6.04. The van der Waals surface area contributed by atoms with E-state index in [2.05, 4.69) is 10.3 Å².